The summed E-state index contributed by atoms with van der Waals surface area (Å²) in [5.41, 5.74) is 0.441. The fourth-order valence-electron chi connectivity index (χ4n) is 2.57. The fourth-order valence-corrected chi connectivity index (χ4v) is 4.12. The van der Waals surface area contributed by atoms with Crippen molar-refractivity contribution < 1.29 is 17.2 Å². The molecule has 5 nitrogen and oxygen atoms in total. The van der Waals surface area contributed by atoms with Gasteiger partial charge in [0.15, 0.2) is 0 Å². The summed E-state index contributed by atoms with van der Waals surface area (Å²) in [6, 6.07) is 7.57. The smallest absolute Gasteiger partial charge is 0.276 e. The predicted octanol–water partition coefficient (Wildman–Crippen LogP) is 2.58. The van der Waals surface area contributed by atoms with Crippen LogP contribution >= 0.6 is 11.6 Å². The summed E-state index contributed by atoms with van der Waals surface area (Å²) in [6.45, 7) is 2.03. The van der Waals surface area contributed by atoms with Gasteiger partial charge in [0.2, 0.25) is 5.09 Å². The minimum atomic E-state index is -3.59. The molecular formula is C15H16ClFN2O3S. The Labute approximate surface area is 139 Å². The van der Waals surface area contributed by atoms with Crippen LogP contribution in [0, 0.1) is 5.82 Å². The predicted molar refractivity (Wildman–Crippen MR) is 84.2 cm³/mol. The standard InChI is InChI=1S/C15H16ClFN2O3S/c16-13-3-1-4-14(17)12(13)11-18-6-8-19(9-7-18)23(20,21)15-5-2-10-22-15/h1-5,10H,6-9,11H2. The van der Waals surface area contributed by atoms with Gasteiger partial charge in [0.05, 0.1) is 6.26 Å². The summed E-state index contributed by atoms with van der Waals surface area (Å²) < 4.78 is 44.9. The van der Waals surface area contributed by atoms with Crippen molar-refractivity contribution in [2.45, 2.75) is 11.6 Å². The monoisotopic (exact) mass is 358 g/mol. The normalized spacial score (nSPS) is 17.5. The van der Waals surface area contributed by atoms with Crippen LogP contribution in [0.1, 0.15) is 5.56 Å². The first-order chi connectivity index (χ1) is 11.0. The van der Waals surface area contributed by atoms with Crippen LogP contribution in [-0.4, -0.2) is 43.8 Å². The molecule has 124 valence electrons. The van der Waals surface area contributed by atoms with E-state index >= 15 is 0 Å². The highest BCUT2D eigenvalue weighted by atomic mass is 35.5. The number of hydrogen-bond donors (Lipinski definition) is 0. The maximum atomic E-state index is 13.8. The van der Waals surface area contributed by atoms with Crippen molar-refractivity contribution in [1.29, 1.82) is 0 Å². The van der Waals surface area contributed by atoms with Gasteiger partial charge in [-0.15, -0.1) is 0 Å². The molecule has 2 aromatic rings. The Morgan fingerprint density at radius 2 is 1.87 bits per heavy atom. The molecule has 0 N–H and O–H groups in total. The third-order valence-electron chi connectivity index (χ3n) is 3.86. The van der Waals surface area contributed by atoms with Crippen LogP contribution < -0.4 is 0 Å². The first kappa shape index (κ1) is 16.4. The van der Waals surface area contributed by atoms with Crippen LogP contribution in [0.3, 0.4) is 0 Å². The zero-order valence-electron chi connectivity index (χ0n) is 12.3. The van der Waals surface area contributed by atoms with E-state index in [-0.39, 0.29) is 10.9 Å². The van der Waals surface area contributed by atoms with Crippen LogP contribution in [0.5, 0.6) is 0 Å². The molecule has 1 fully saturated rings. The van der Waals surface area contributed by atoms with Gasteiger partial charge < -0.3 is 4.42 Å². The minimum absolute atomic E-state index is 0.0527. The lowest BCUT2D eigenvalue weighted by molar-refractivity contribution is 0.178. The maximum Gasteiger partial charge on any atom is 0.276 e. The van der Waals surface area contributed by atoms with Crippen molar-refractivity contribution in [2.24, 2.45) is 0 Å². The van der Waals surface area contributed by atoms with Gasteiger partial charge in [-0.25, -0.2) is 12.8 Å². The van der Waals surface area contributed by atoms with Gasteiger partial charge in [-0.3, -0.25) is 4.90 Å². The lowest BCUT2D eigenvalue weighted by Crippen LogP contribution is -2.48. The summed E-state index contributed by atoms with van der Waals surface area (Å²) in [4.78, 5) is 1.98. The molecule has 1 aliphatic rings. The Bertz CT molecular complexity index is 752. The van der Waals surface area contributed by atoms with Crippen molar-refractivity contribution in [2.75, 3.05) is 26.2 Å². The van der Waals surface area contributed by atoms with Crippen LogP contribution in [0.25, 0.3) is 0 Å². The van der Waals surface area contributed by atoms with E-state index in [1.807, 2.05) is 4.90 Å². The zero-order valence-corrected chi connectivity index (χ0v) is 13.9. The molecule has 0 bridgehead atoms. The van der Waals surface area contributed by atoms with E-state index in [1.54, 1.807) is 18.2 Å². The largest absolute Gasteiger partial charge is 0.452 e. The Morgan fingerprint density at radius 3 is 2.48 bits per heavy atom. The minimum Gasteiger partial charge on any atom is -0.452 e. The Balaban J connectivity index is 1.65. The first-order valence-corrected chi connectivity index (χ1v) is 8.99. The molecular weight excluding hydrogens is 343 g/mol. The molecule has 2 heterocycles. The lowest BCUT2D eigenvalue weighted by Gasteiger charge is -2.33. The summed E-state index contributed by atoms with van der Waals surface area (Å²) >= 11 is 6.03. The average Bonchev–Trinajstić information content (AvgIpc) is 3.07. The Kier molecular flexibility index (Phi) is 4.72. The van der Waals surface area contributed by atoms with Gasteiger partial charge in [-0.2, -0.15) is 4.31 Å². The van der Waals surface area contributed by atoms with E-state index in [0.717, 1.165) is 0 Å². The quantitative estimate of drug-likeness (QED) is 0.843. The van der Waals surface area contributed by atoms with Crippen molar-refractivity contribution in [3.63, 3.8) is 0 Å². The molecule has 0 aliphatic carbocycles. The highest BCUT2D eigenvalue weighted by Gasteiger charge is 2.30. The average molecular weight is 359 g/mol. The van der Waals surface area contributed by atoms with Gasteiger partial charge in [0, 0.05) is 43.3 Å². The van der Waals surface area contributed by atoms with Gasteiger partial charge in [0.1, 0.15) is 5.82 Å². The Morgan fingerprint density at radius 1 is 1.13 bits per heavy atom. The number of nitrogens with zero attached hydrogens (tertiary/aromatic N) is 2. The third kappa shape index (κ3) is 3.42. The van der Waals surface area contributed by atoms with E-state index in [2.05, 4.69) is 0 Å². The highest BCUT2D eigenvalue weighted by Crippen LogP contribution is 2.23. The molecule has 0 atom stereocenters. The number of sulfonamides is 1. The zero-order chi connectivity index (χ0) is 16.4. The molecule has 0 saturated carbocycles. The molecule has 0 radical (unpaired) electrons. The second-order valence-electron chi connectivity index (χ2n) is 5.31. The number of hydrogen-bond acceptors (Lipinski definition) is 4. The van der Waals surface area contributed by atoms with Gasteiger partial charge in [0.25, 0.3) is 10.0 Å². The maximum absolute atomic E-state index is 13.8. The summed E-state index contributed by atoms with van der Waals surface area (Å²) in [7, 11) is -3.59. The van der Waals surface area contributed by atoms with Crippen LogP contribution in [0.2, 0.25) is 5.02 Å². The molecule has 1 aliphatic heterocycles. The summed E-state index contributed by atoms with van der Waals surface area (Å²) in [5.74, 6) is -0.344. The van der Waals surface area contributed by atoms with Crippen molar-refractivity contribution in [1.82, 2.24) is 9.21 Å². The van der Waals surface area contributed by atoms with Gasteiger partial charge in [-0.05, 0) is 24.3 Å². The van der Waals surface area contributed by atoms with E-state index in [0.29, 0.717) is 43.3 Å². The van der Waals surface area contributed by atoms with Crippen LogP contribution in [0.4, 0.5) is 4.39 Å². The number of piperazine rings is 1. The highest BCUT2D eigenvalue weighted by molar-refractivity contribution is 7.89. The summed E-state index contributed by atoms with van der Waals surface area (Å²) in [5, 5.41) is 0.332. The van der Waals surface area contributed by atoms with Gasteiger partial charge >= 0.3 is 0 Å². The van der Waals surface area contributed by atoms with E-state index < -0.39 is 10.0 Å². The molecule has 23 heavy (non-hydrogen) atoms. The topological polar surface area (TPSA) is 53.8 Å². The molecule has 1 aromatic carbocycles. The van der Waals surface area contributed by atoms with Crippen LogP contribution in [-0.2, 0) is 16.6 Å². The fraction of sp³-hybridized carbons (Fsp3) is 0.333. The number of rotatable bonds is 4. The number of halogens is 2. The van der Waals surface area contributed by atoms with Gasteiger partial charge in [-0.1, -0.05) is 17.7 Å². The van der Waals surface area contributed by atoms with Crippen molar-refractivity contribution in [3.8, 4) is 0 Å². The summed E-state index contributed by atoms with van der Waals surface area (Å²) in [6.07, 6.45) is 1.34. The SMILES string of the molecule is O=S(=O)(c1ccco1)N1CCN(Cc2c(F)cccc2Cl)CC1. The third-order valence-corrected chi connectivity index (χ3v) is 6.00. The molecule has 3 rings (SSSR count). The second-order valence-corrected chi connectivity index (χ2v) is 7.59. The first-order valence-electron chi connectivity index (χ1n) is 7.17. The molecule has 1 saturated heterocycles. The van der Waals surface area contributed by atoms with Crippen LogP contribution in [0.15, 0.2) is 46.1 Å². The Hall–Kier alpha value is -1.41. The van der Waals surface area contributed by atoms with E-state index in [9.17, 15) is 12.8 Å². The van der Waals surface area contributed by atoms with Crippen molar-refractivity contribution in [3.05, 3.63) is 53.0 Å². The lowest BCUT2D eigenvalue weighted by atomic mass is 10.2. The molecule has 0 amide bonds. The molecule has 1 aromatic heterocycles. The molecule has 0 spiro atoms. The molecule has 0 unspecified atom stereocenters. The number of furan rings is 1. The molecule has 8 heteroatoms. The second kappa shape index (κ2) is 6.60. The van der Waals surface area contributed by atoms with E-state index in [4.69, 9.17) is 16.0 Å². The van der Waals surface area contributed by atoms with E-state index in [1.165, 1.54) is 22.7 Å². The number of benzene rings is 1. The van der Waals surface area contributed by atoms with Crippen molar-refractivity contribution >= 4 is 21.6 Å².